The fourth-order valence-corrected chi connectivity index (χ4v) is 1.86. The zero-order valence-corrected chi connectivity index (χ0v) is 10.8. The van der Waals surface area contributed by atoms with Gasteiger partial charge in [-0.25, -0.2) is 0 Å². The van der Waals surface area contributed by atoms with Crippen LogP contribution in [0.3, 0.4) is 0 Å². The molecule has 1 N–H and O–H groups in total. The highest BCUT2D eigenvalue weighted by molar-refractivity contribution is 6.31. The van der Waals surface area contributed by atoms with Gasteiger partial charge in [0.25, 0.3) is 5.69 Å². The van der Waals surface area contributed by atoms with Crippen LogP contribution in [0.2, 0.25) is 5.02 Å². The SMILES string of the molecule is CCCC(C)CNc1cc(Cl)ccc1[N+](=O)[O-]. The van der Waals surface area contributed by atoms with Gasteiger partial charge in [-0.15, -0.1) is 0 Å². The number of anilines is 1. The van der Waals surface area contributed by atoms with Gasteiger partial charge in [-0.2, -0.15) is 0 Å². The minimum atomic E-state index is -0.400. The quantitative estimate of drug-likeness (QED) is 0.616. The van der Waals surface area contributed by atoms with Crippen LogP contribution in [0.1, 0.15) is 26.7 Å². The summed E-state index contributed by atoms with van der Waals surface area (Å²) < 4.78 is 0. The third-order valence-corrected chi connectivity index (χ3v) is 2.81. The van der Waals surface area contributed by atoms with E-state index >= 15 is 0 Å². The van der Waals surface area contributed by atoms with Gasteiger partial charge in [-0.05, 0) is 24.5 Å². The molecule has 0 aliphatic heterocycles. The summed E-state index contributed by atoms with van der Waals surface area (Å²) in [4.78, 5) is 10.4. The molecular formula is C12H17ClN2O2. The normalized spacial score (nSPS) is 12.2. The molecule has 1 unspecified atom stereocenters. The minimum Gasteiger partial charge on any atom is -0.379 e. The van der Waals surface area contributed by atoms with E-state index in [1.807, 2.05) is 0 Å². The number of nitro groups is 1. The largest absolute Gasteiger partial charge is 0.379 e. The van der Waals surface area contributed by atoms with Crippen LogP contribution in [0.4, 0.5) is 11.4 Å². The molecule has 0 spiro atoms. The Hall–Kier alpha value is -1.29. The van der Waals surface area contributed by atoms with E-state index < -0.39 is 4.92 Å². The summed E-state index contributed by atoms with van der Waals surface area (Å²) in [6.45, 7) is 4.96. The molecule has 0 aliphatic rings. The third-order valence-electron chi connectivity index (χ3n) is 2.58. The summed E-state index contributed by atoms with van der Waals surface area (Å²) in [5, 5.41) is 14.4. The van der Waals surface area contributed by atoms with Crippen molar-refractivity contribution in [1.29, 1.82) is 0 Å². The molecule has 0 aromatic heterocycles. The summed E-state index contributed by atoms with van der Waals surface area (Å²) in [6, 6.07) is 4.55. The number of nitro benzene ring substituents is 1. The average molecular weight is 257 g/mol. The van der Waals surface area contributed by atoms with Gasteiger partial charge < -0.3 is 5.32 Å². The molecule has 17 heavy (non-hydrogen) atoms. The first-order valence-electron chi connectivity index (χ1n) is 5.72. The number of hydrogen-bond acceptors (Lipinski definition) is 3. The second-order valence-corrected chi connectivity index (χ2v) is 4.63. The Morgan fingerprint density at radius 3 is 2.82 bits per heavy atom. The van der Waals surface area contributed by atoms with Gasteiger partial charge in [0, 0.05) is 17.6 Å². The maximum atomic E-state index is 10.8. The summed E-state index contributed by atoms with van der Waals surface area (Å²) in [5.41, 5.74) is 0.559. The van der Waals surface area contributed by atoms with Gasteiger partial charge in [-0.1, -0.05) is 31.9 Å². The number of benzene rings is 1. The first kappa shape index (κ1) is 13.8. The van der Waals surface area contributed by atoms with Gasteiger partial charge in [0.2, 0.25) is 0 Å². The number of rotatable bonds is 6. The van der Waals surface area contributed by atoms with Crippen molar-refractivity contribution >= 4 is 23.0 Å². The Kier molecular flexibility index (Phi) is 5.22. The van der Waals surface area contributed by atoms with Gasteiger partial charge in [-0.3, -0.25) is 10.1 Å². The van der Waals surface area contributed by atoms with E-state index in [1.165, 1.54) is 12.1 Å². The lowest BCUT2D eigenvalue weighted by Crippen LogP contribution is -2.12. The molecule has 0 aliphatic carbocycles. The van der Waals surface area contributed by atoms with E-state index in [1.54, 1.807) is 6.07 Å². The summed E-state index contributed by atoms with van der Waals surface area (Å²) in [7, 11) is 0. The molecule has 1 atom stereocenters. The standard InChI is InChI=1S/C12H17ClN2O2/c1-3-4-9(2)8-14-11-7-10(13)5-6-12(11)15(16)17/h5-7,9,14H,3-4,8H2,1-2H3. The van der Waals surface area contributed by atoms with Crippen molar-refractivity contribution in [1.82, 2.24) is 0 Å². The highest BCUT2D eigenvalue weighted by atomic mass is 35.5. The second-order valence-electron chi connectivity index (χ2n) is 4.19. The molecule has 4 nitrogen and oxygen atoms in total. The summed E-state index contributed by atoms with van der Waals surface area (Å²) in [6.07, 6.45) is 2.21. The smallest absolute Gasteiger partial charge is 0.292 e. The lowest BCUT2D eigenvalue weighted by atomic mass is 10.1. The molecule has 1 aromatic carbocycles. The van der Waals surface area contributed by atoms with Gasteiger partial charge in [0.05, 0.1) is 4.92 Å². The van der Waals surface area contributed by atoms with Crippen molar-refractivity contribution < 1.29 is 4.92 Å². The molecule has 0 bridgehead atoms. The predicted molar refractivity (Wildman–Crippen MR) is 70.7 cm³/mol. The van der Waals surface area contributed by atoms with Gasteiger partial charge in [0.15, 0.2) is 0 Å². The zero-order valence-electron chi connectivity index (χ0n) is 10.1. The molecular weight excluding hydrogens is 240 g/mol. The molecule has 5 heteroatoms. The summed E-state index contributed by atoms with van der Waals surface area (Å²) >= 11 is 5.84. The van der Waals surface area contributed by atoms with Crippen molar-refractivity contribution in [3.05, 3.63) is 33.3 Å². The van der Waals surface area contributed by atoms with Gasteiger partial charge >= 0.3 is 0 Å². The van der Waals surface area contributed by atoms with Crippen LogP contribution in [0.25, 0.3) is 0 Å². The monoisotopic (exact) mass is 256 g/mol. The Balaban J connectivity index is 2.75. The van der Waals surface area contributed by atoms with Crippen LogP contribution >= 0.6 is 11.6 Å². The van der Waals surface area contributed by atoms with E-state index in [0.717, 1.165) is 19.4 Å². The number of nitrogens with zero attached hydrogens (tertiary/aromatic N) is 1. The number of hydrogen-bond donors (Lipinski definition) is 1. The predicted octanol–water partition coefficient (Wildman–Crippen LogP) is 4.10. The van der Waals surface area contributed by atoms with E-state index in [4.69, 9.17) is 11.6 Å². The Labute approximate surface area is 106 Å². The minimum absolute atomic E-state index is 0.0677. The molecule has 0 fully saturated rings. The first-order valence-corrected chi connectivity index (χ1v) is 6.10. The van der Waals surface area contributed by atoms with Crippen LogP contribution in [0, 0.1) is 16.0 Å². The fourth-order valence-electron chi connectivity index (χ4n) is 1.69. The highest BCUT2D eigenvalue weighted by Crippen LogP contribution is 2.27. The maximum absolute atomic E-state index is 10.8. The molecule has 0 saturated carbocycles. The van der Waals surface area contributed by atoms with Crippen molar-refractivity contribution in [2.24, 2.45) is 5.92 Å². The van der Waals surface area contributed by atoms with E-state index in [9.17, 15) is 10.1 Å². The van der Waals surface area contributed by atoms with E-state index in [0.29, 0.717) is 16.6 Å². The molecule has 1 rings (SSSR count). The summed E-state index contributed by atoms with van der Waals surface area (Å²) in [5.74, 6) is 0.485. The molecule has 1 aromatic rings. The van der Waals surface area contributed by atoms with Crippen LogP contribution < -0.4 is 5.32 Å². The topological polar surface area (TPSA) is 55.2 Å². The second kappa shape index (κ2) is 6.45. The Morgan fingerprint density at radius 1 is 1.53 bits per heavy atom. The van der Waals surface area contributed by atoms with Crippen molar-refractivity contribution in [3.8, 4) is 0 Å². The van der Waals surface area contributed by atoms with E-state index in [-0.39, 0.29) is 5.69 Å². The molecule has 0 saturated heterocycles. The van der Waals surface area contributed by atoms with Gasteiger partial charge in [0.1, 0.15) is 5.69 Å². The average Bonchev–Trinajstić information content (AvgIpc) is 2.26. The zero-order chi connectivity index (χ0) is 12.8. The molecule has 94 valence electrons. The number of halogens is 1. The number of nitrogens with one attached hydrogen (secondary N) is 1. The molecule has 0 radical (unpaired) electrons. The molecule has 0 heterocycles. The van der Waals surface area contributed by atoms with Crippen molar-refractivity contribution in [2.75, 3.05) is 11.9 Å². The van der Waals surface area contributed by atoms with Crippen LogP contribution in [0.15, 0.2) is 18.2 Å². The lowest BCUT2D eigenvalue weighted by Gasteiger charge is -2.12. The third kappa shape index (κ3) is 4.23. The lowest BCUT2D eigenvalue weighted by molar-refractivity contribution is -0.384. The van der Waals surface area contributed by atoms with Crippen LogP contribution in [-0.4, -0.2) is 11.5 Å². The van der Waals surface area contributed by atoms with Crippen molar-refractivity contribution in [3.63, 3.8) is 0 Å². The first-order chi connectivity index (χ1) is 8.04. The maximum Gasteiger partial charge on any atom is 0.292 e. The fraction of sp³-hybridized carbons (Fsp3) is 0.500. The highest BCUT2D eigenvalue weighted by Gasteiger charge is 2.14. The van der Waals surface area contributed by atoms with Crippen LogP contribution in [0.5, 0.6) is 0 Å². The Bertz CT molecular complexity index is 396. The van der Waals surface area contributed by atoms with Crippen molar-refractivity contribution in [2.45, 2.75) is 26.7 Å². The van der Waals surface area contributed by atoms with E-state index in [2.05, 4.69) is 19.2 Å². The Morgan fingerprint density at radius 2 is 2.24 bits per heavy atom. The molecule has 0 amide bonds. The van der Waals surface area contributed by atoms with Crippen LogP contribution in [-0.2, 0) is 0 Å².